The zero-order valence-corrected chi connectivity index (χ0v) is 17.0. The van der Waals surface area contributed by atoms with Crippen molar-refractivity contribution in [3.05, 3.63) is 59.4 Å². The molecule has 1 aliphatic rings. The first kappa shape index (κ1) is 20.8. The van der Waals surface area contributed by atoms with Gasteiger partial charge in [-0.3, -0.25) is 9.59 Å². The summed E-state index contributed by atoms with van der Waals surface area (Å²) in [6.45, 7) is 5.48. The Balaban J connectivity index is 1.43. The molecule has 1 aliphatic heterocycles. The summed E-state index contributed by atoms with van der Waals surface area (Å²) in [6, 6.07) is 13.0. The Morgan fingerprint density at radius 3 is 2.55 bits per heavy atom. The lowest BCUT2D eigenvalue weighted by atomic mass is 10.0. The number of nitrogens with zero attached hydrogens (tertiary/aromatic N) is 1. The van der Waals surface area contributed by atoms with E-state index in [0.717, 1.165) is 12.8 Å². The number of benzene rings is 2. The number of carbonyl (C=O) groups excluding carboxylic acids is 2. The Bertz CT molecular complexity index is 865. The molecule has 0 aromatic heterocycles. The Morgan fingerprint density at radius 2 is 1.93 bits per heavy atom. The summed E-state index contributed by atoms with van der Waals surface area (Å²) < 4.78 is 14.3. The smallest absolute Gasteiger partial charge is 0.239 e. The predicted molar refractivity (Wildman–Crippen MR) is 114 cm³/mol. The van der Waals surface area contributed by atoms with Gasteiger partial charge in [-0.25, -0.2) is 4.39 Å². The molecule has 3 rings (SSSR count). The van der Waals surface area contributed by atoms with Gasteiger partial charge < -0.3 is 15.5 Å². The van der Waals surface area contributed by atoms with Gasteiger partial charge in [0.05, 0.1) is 12.2 Å². The summed E-state index contributed by atoms with van der Waals surface area (Å²) in [4.78, 5) is 25.3. The first-order valence-corrected chi connectivity index (χ1v) is 10.1. The summed E-state index contributed by atoms with van der Waals surface area (Å²) in [5.74, 6) is -0.161. The number of anilines is 2. The minimum atomic E-state index is -0.462. The molecule has 0 aliphatic carbocycles. The van der Waals surface area contributed by atoms with Crippen molar-refractivity contribution in [1.82, 2.24) is 5.32 Å². The monoisotopic (exact) mass is 397 g/mol. The third-order valence-corrected chi connectivity index (χ3v) is 5.15. The van der Waals surface area contributed by atoms with Gasteiger partial charge in [0.15, 0.2) is 0 Å². The van der Waals surface area contributed by atoms with Gasteiger partial charge in [0.25, 0.3) is 0 Å². The molecular formula is C23H28FN3O2. The van der Waals surface area contributed by atoms with Crippen LogP contribution in [0.25, 0.3) is 0 Å². The van der Waals surface area contributed by atoms with Crippen LogP contribution in [0.3, 0.4) is 0 Å². The van der Waals surface area contributed by atoms with E-state index in [1.807, 2.05) is 0 Å². The van der Waals surface area contributed by atoms with Gasteiger partial charge in [0.1, 0.15) is 5.82 Å². The number of halogens is 1. The van der Waals surface area contributed by atoms with Gasteiger partial charge in [0.2, 0.25) is 11.8 Å². The van der Waals surface area contributed by atoms with Gasteiger partial charge in [-0.05, 0) is 48.1 Å². The zero-order valence-electron chi connectivity index (χ0n) is 17.0. The maximum Gasteiger partial charge on any atom is 0.239 e. The van der Waals surface area contributed by atoms with Crippen molar-refractivity contribution in [2.45, 2.75) is 39.0 Å². The number of carbonyl (C=O) groups is 2. The second-order valence-corrected chi connectivity index (χ2v) is 7.66. The molecule has 2 aromatic rings. The molecule has 0 radical (unpaired) electrons. The Hall–Kier alpha value is -2.89. The molecule has 0 bridgehead atoms. The fourth-order valence-corrected chi connectivity index (χ4v) is 3.40. The molecule has 2 N–H and O–H groups in total. The highest BCUT2D eigenvalue weighted by atomic mass is 19.1. The maximum atomic E-state index is 14.3. The molecule has 6 heteroatoms. The molecule has 0 spiro atoms. The standard InChI is InChI=1S/C23H28FN3O2/c1-16(2)18-7-5-17(6-8-18)11-12-25-22(28)15-26-19-9-10-21(20(24)14-19)27-13-3-4-23(27)29/h5-10,14,16,26H,3-4,11-13,15H2,1-2H3,(H,25,28). The Labute approximate surface area is 171 Å². The van der Waals surface area contributed by atoms with E-state index < -0.39 is 5.82 Å². The number of rotatable bonds is 8. The highest BCUT2D eigenvalue weighted by Crippen LogP contribution is 2.26. The van der Waals surface area contributed by atoms with Crippen LogP contribution in [0, 0.1) is 5.82 Å². The molecular weight excluding hydrogens is 369 g/mol. The summed E-state index contributed by atoms with van der Waals surface area (Å²) >= 11 is 0. The van der Waals surface area contributed by atoms with Crippen LogP contribution in [0.5, 0.6) is 0 Å². The molecule has 2 aromatic carbocycles. The zero-order chi connectivity index (χ0) is 20.8. The second kappa shape index (κ2) is 9.54. The van der Waals surface area contributed by atoms with Gasteiger partial charge >= 0.3 is 0 Å². The normalized spacial score (nSPS) is 13.8. The van der Waals surface area contributed by atoms with Crippen LogP contribution < -0.4 is 15.5 Å². The molecule has 154 valence electrons. The van der Waals surface area contributed by atoms with Crippen LogP contribution in [-0.4, -0.2) is 31.4 Å². The number of nitrogens with one attached hydrogen (secondary N) is 2. The summed E-state index contributed by atoms with van der Waals surface area (Å²) in [5.41, 5.74) is 3.29. The van der Waals surface area contributed by atoms with E-state index in [1.165, 1.54) is 22.1 Å². The molecule has 2 amide bonds. The third kappa shape index (κ3) is 5.56. The maximum absolute atomic E-state index is 14.3. The lowest BCUT2D eigenvalue weighted by Crippen LogP contribution is -2.31. The minimum Gasteiger partial charge on any atom is -0.376 e. The SMILES string of the molecule is CC(C)c1ccc(CCNC(=O)CNc2ccc(N3CCCC3=O)c(F)c2)cc1. The molecule has 1 fully saturated rings. The predicted octanol–water partition coefficient (Wildman–Crippen LogP) is 3.85. The van der Waals surface area contributed by atoms with Crippen molar-refractivity contribution in [3.8, 4) is 0 Å². The topological polar surface area (TPSA) is 61.4 Å². The number of hydrogen-bond acceptors (Lipinski definition) is 3. The average molecular weight is 397 g/mol. The van der Waals surface area contributed by atoms with Crippen molar-refractivity contribution in [2.75, 3.05) is 29.9 Å². The van der Waals surface area contributed by atoms with Crippen LogP contribution in [0.2, 0.25) is 0 Å². The van der Waals surface area contributed by atoms with E-state index in [2.05, 4.69) is 48.7 Å². The highest BCUT2D eigenvalue weighted by Gasteiger charge is 2.24. The fourth-order valence-electron chi connectivity index (χ4n) is 3.40. The summed E-state index contributed by atoms with van der Waals surface area (Å²) in [6.07, 6.45) is 1.97. The van der Waals surface area contributed by atoms with Crippen molar-refractivity contribution >= 4 is 23.2 Å². The van der Waals surface area contributed by atoms with Gasteiger partial charge in [-0.1, -0.05) is 38.1 Å². The third-order valence-electron chi connectivity index (χ3n) is 5.15. The van der Waals surface area contributed by atoms with E-state index >= 15 is 0 Å². The van der Waals surface area contributed by atoms with Crippen LogP contribution in [0.1, 0.15) is 43.7 Å². The summed E-state index contributed by atoms with van der Waals surface area (Å²) in [7, 11) is 0. The quantitative estimate of drug-likeness (QED) is 0.711. The number of hydrogen-bond donors (Lipinski definition) is 2. The average Bonchev–Trinajstić information content (AvgIpc) is 3.12. The molecule has 1 saturated heterocycles. The van der Waals surface area contributed by atoms with Crippen LogP contribution >= 0.6 is 0 Å². The molecule has 0 unspecified atom stereocenters. The van der Waals surface area contributed by atoms with Crippen molar-refractivity contribution in [2.24, 2.45) is 0 Å². The van der Waals surface area contributed by atoms with Crippen molar-refractivity contribution < 1.29 is 14.0 Å². The van der Waals surface area contributed by atoms with Crippen molar-refractivity contribution in [1.29, 1.82) is 0 Å². The van der Waals surface area contributed by atoms with E-state index in [0.29, 0.717) is 36.8 Å². The van der Waals surface area contributed by atoms with Crippen LogP contribution in [0.15, 0.2) is 42.5 Å². The minimum absolute atomic E-state index is 0.0529. The second-order valence-electron chi connectivity index (χ2n) is 7.66. The molecule has 0 atom stereocenters. The van der Waals surface area contributed by atoms with E-state index in [4.69, 9.17) is 0 Å². The largest absolute Gasteiger partial charge is 0.376 e. The fraction of sp³-hybridized carbons (Fsp3) is 0.391. The number of amides is 2. The molecule has 1 heterocycles. The van der Waals surface area contributed by atoms with E-state index in [9.17, 15) is 14.0 Å². The van der Waals surface area contributed by atoms with Gasteiger partial charge in [0, 0.05) is 25.2 Å². The molecule has 29 heavy (non-hydrogen) atoms. The molecule has 5 nitrogen and oxygen atoms in total. The van der Waals surface area contributed by atoms with Gasteiger partial charge in [-0.2, -0.15) is 0 Å². The lowest BCUT2D eigenvalue weighted by Gasteiger charge is -2.17. The molecule has 0 saturated carbocycles. The van der Waals surface area contributed by atoms with Gasteiger partial charge in [-0.15, -0.1) is 0 Å². The van der Waals surface area contributed by atoms with Crippen LogP contribution in [0.4, 0.5) is 15.8 Å². The van der Waals surface area contributed by atoms with E-state index in [-0.39, 0.29) is 18.4 Å². The van der Waals surface area contributed by atoms with E-state index in [1.54, 1.807) is 12.1 Å². The summed E-state index contributed by atoms with van der Waals surface area (Å²) in [5, 5.41) is 5.79. The highest BCUT2D eigenvalue weighted by molar-refractivity contribution is 5.95. The lowest BCUT2D eigenvalue weighted by molar-refractivity contribution is -0.119. The van der Waals surface area contributed by atoms with Crippen LogP contribution in [-0.2, 0) is 16.0 Å². The Kier molecular flexibility index (Phi) is 6.86. The first-order valence-electron chi connectivity index (χ1n) is 10.1. The Morgan fingerprint density at radius 1 is 1.17 bits per heavy atom. The van der Waals surface area contributed by atoms with Crippen molar-refractivity contribution in [3.63, 3.8) is 0 Å². The first-order chi connectivity index (χ1) is 13.9.